The van der Waals surface area contributed by atoms with Gasteiger partial charge in [0.15, 0.2) is 0 Å². The highest BCUT2D eigenvalue weighted by atomic mass is 16.5. The first-order chi connectivity index (χ1) is 26.1. The number of piperidine rings is 1. The average molecular weight is 729 g/mol. The highest BCUT2D eigenvalue weighted by Gasteiger charge is 2.50. The number of fused-ring (bicyclic) bond motifs is 1. The Hall–Kier alpha value is -5.49. The first-order valence-electron chi connectivity index (χ1n) is 18.8. The first kappa shape index (κ1) is 34.3. The zero-order chi connectivity index (χ0) is 37.0. The van der Waals surface area contributed by atoms with Gasteiger partial charge in [-0.3, -0.25) is 19.7 Å². The van der Waals surface area contributed by atoms with Gasteiger partial charge in [-0.05, 0) is 71.6 Å². The number of nitrogens with zero attached hydrogens (tertiary/aromatic N) is 4. The molecule has 1 spiro atoms. The van der Waals surface area contributed by atoms with Crippen molar-refractivity contribution in [2.24, 2.45) is 5.41 Å². The Labute approximate surface area is 314 Å². The van der Waals surface area contributed by atoms with E-state index in [1.165, 1.54) is 11.1 Å². The van der Waals surface area contributed by atoms with Crippen LogP contribution in [0.25, 0.3) is 0 Å². The molecule has 12 heteroatoms. The SMILES string of the molecule is CC(C)(c1ccc(OCc2ccnc(N3CC4(COC4)C3)n2)cc1)c1ccc(OC2CC(Nc3ccc4c(c3)CN(C3CCC(=O)NC3=O)C4=O)C2)cc1. The number of hydrogen-bond acceptors (Lipinski definition) is 10. The molecule has 12 nitrogen and oxygen atoms in total. The van der Waals surface area contributed by atoms with E-state index in [0.29, 0.717) is 30.6 Å². The molecule has 3 saturated heterocycles. The van der Waals surface area contributed by atoms with E-state index >= 15 is 0 Å². The molecule has 0 radical (unpaired) electrons. The van der Waals surface area contributed by atoms with Crippen LogP contribution in [-0.4, -0.2) is 77.1 Å². The second-order valence-corrected chi connectivity index (χ2v) is 16.0. The summed E-state index contributed by atoms with van der Waals surface area (Å²) in [5.41, 5.74) is 5.77. The summed E-state index contributed by atoms with van der Waals surface area (Å²) in [6, 6.07) is 24.0. The van der Waals surface area contributed by atoms with Crippen molar-refractivity contribution in [1.82, 2.24) is 20.2 Å². The van der Waals surface area contributed by atoms with Gasteiger partial charge < -0.3 is 29.3 Å². The number of amides is 3. The molecule has 5 aliphatic rings. The molecule has 5 heterocycles. The Bertz CT molecular complexity index is 2090. The van der Waals surface area contributed by atoms with Crippen LogP contribution in [0.1, 0.15) is 72.3 Å². The van der Waals surface area contributed by atoms with E-state index in [0.717, 1.165) is 73.5 Å². The van der Waals surface area contributed by atoms with Gasteiger partial charge in [0.05, 0.1) is 24.3 Å². The van der Waals surface area contributed by atoms with Gasteiger partial charge in [0.1, 0.15) is 30.3 Å². The van der Waals surface area contributed by atoms with Crippen LogP contribution in [0.5, 0.6) is 11.5 Å². The molecule has 1 aliphatic carbocycles. The number of ether oxygens (including phenoxy) is 3. The van der Waals surface area contributed by atoms with Gasteiger partial charge in [0.25, 0.3) is 5.91 Å². The van der Waals surface area contributed by atoms with Crippen LogP contribution >= 0.6 is 0 Å². The summed E-state index contributed by atoms with van der Waals surface area (Å²) in [5, 5.41) is 5.93. The van der Waals surface area contributed by atoms with Gasteiger partial charge in [0.2, 0.25) is 17.8 Å². The normalized spacial score (nSPS) is 22.9. The van der Waals surface area contributed by atoms with Crippen molar-refractivity contribution in [3.05, 3.63) is 107 Å². The number of anilines is 2. The molecule has 1 unspecified atom stereocenters. The average Bonchev–Trinajstić information content (AvgIpc) is 3.44. The molecular formula is C42H44N6O6. The number of hydrogen-bond donors (Lipinski definition) is 2. The van der Waals surface area contributed by atoms with E-state index < -0.39 is 11.9 Å². The van der Waals surface area contributed by atoms with Gasteiger partial charge >= 0.3 is 0 Å². The van der Waals surface area contributed by atoms with Gasteiger partial charge in [-0.25, -0.2) is 9.97 Å². The fourth-order valence-electron chi connectivity index (χ4n) is 8.21. The van der Waals surface area contributed by atoms with Gasteiger partial charge in [-0.2, -0.15) is 0 Å². The van der Waals surface area contributed by atoms with E-state index in [1.807, 2.05) is 36.4 Å². The summed E-state index contributed by atoms with van der Waals surface area (Å²) >= 11 is 0. The van der Waals surface area contributed by atoms with Crippen LogP contribution in [0.4, 0.5) is 11.6 Å². The molecule has 3 amide bonds. The minimum atomic E-state index is -0.613. The molecule has 9 rings (SSSR count). The Morgan fingerprint density at radius 3 is 2.35 bits per heavy atom. The van der Waals surface area contributed by atoms with Crippen molar-refractivity contribution >= 4 is 29.4 Å². The molecule has 1 atom stereocenters. The van der Waals surface area contributed by atoms with Crippen molar-refractivity contribution in [3.63, 3.8) is 0 Å². The predicted octanol–water partition coefficient (Wildman–Crippen LogP) is 5.00. The number of imide groups is 1. The number of aromatic nitrogens is 2. The quantitative estimate of drug-likeness (QED) is 0.203. The van der Waals surface area contributed by atoms with Gasteiger partial charge in [-0.1, -0.05) is 38.1 Å². The fraction of sp³-hybridized carbons (Fsp3) is 0.405. The lowest BCUT2D eigenvalue weighted by Gasteiger charge is -2.54. The fourth-order valence-corrected chi connectivity index (χ4v) is 8.21. The summed E-state index contributed by atoms with van der Waals surface area (Å²) in [6.45, 7) is 8.76. The molecule has 4 aromatic rings. The lowest BCUT2D eigenvalue weighted by Crippen LogP contribution is -2.66. The summed E-state index contributed by atoms with van der Waals surface area (Å²) in [5.74, 6) is 1.56. The van der Waals surface area contributed by atoms with Crippen LogP contribution in [0.3, 0.4) is 0 Å². The Kier molecular flexibility index (Phi) is 8.52. The lowest BCUT2D eigenvalue weighted by atomic mass is 9.78. The number of carbonyl (C=O) groups excluding carboxylic acids is 3. The van der Waals surface area contributed by atoms with E-state index in [4.69, 9.17) is 19.2 Å². The molecule has 278 valence electrons. The second-order valence-electron chi connectivity index (χ2n) is 16.0. The highest BCUT2D eigenvalue weighted by molar-refractivity contribution is 6.05. The number of rotatable bonds is 11. The zero-order valence-corrected chi connectivity index (χ0v) is 30.5. The molecule has 1 saturated carbocycles. The van der Waals surface area contributed by atoms with Gasteiger partial charge in [-0.15, -0.1) is 0 Å². The maximum absolute atomic E-state index is 13.0. The molecule has 0 bridgehead atoms. The second kappa shape index (κ2) is 13.4. The lowest BCUT2D eigenvalue weighted by molar-refractivity contribution is -0.136. The molecule has 3 aromatic carbocycles. The Morgan fingerprint density at radius 1 is 0.944 bits per heavy atom. The molecule has 4 fully saturated rings. The van der Waals surface area contributed by atoms with Crippen molar-refractivity contribution < 1.29 is 28.6 Å². The maximum Gasteiger partial charge on any atom is 0.255 e. The van der Waals surface area contributed by atoms with Crippen LogP contribution in [0.2, 0.25) is 0 Å². The third-order valence-corrected chi connectivity index (χ3v) is 11.7. The van der Waals surface area contributed by atoms with E-state index in [9.17, 15) is 14.4 Å². The van der Waals surface area contributed by atoms with Crippen molar-refractivity contribution in [1.29, 1.82) is 0 Å². The summed E-state index contributed by atoms with van der Waals surface area (Å²) in [4.78, 5) is 49.9. The predicted molar refractivity (Wildman–Crippen MR) is 200 cm³/mol. The number of nitrogens with one attached hydrogen (secondary N) is 2. The summed E-state index contributed by atoms with van der Waals surface area (Å²) in [6.07, 6.45) is 4.25. The minimum absolute atomic E-state index is 0.118. The Balaban J connectivity index is 0.740. The maximum atomic E-state index is 13.0. The van der Waals surface area contributed by atoms with Crippen LogP contribution in [-0.2, 0) is 32.9 Å². The van der Waals surface area contributed by atoms with E-state index in [1.54, 1.807) is 11.1 Å². The molecule has 54 heavy (non-hydrogen) atoms. The van der Waals surface area contributed by atoms with Crippen LogP contribution in [0.15, 0.2) is 79.0 Å². The number of carbonyl (C=O) groups is 3. The summed E-state index contributed by atoms with van der Waals surface area (Å²) < 4.78 is 17.8. The monoisotopic (exact) mass is 728 g/mol. The minimum Gasteiger partial charge on any atom is -0.490 e. The zero-order valence-electron chi connectivity index (χ0n) is 30.5. The van der Waals surface area contributed by atoms with Crippen LogP contribution in [0, 0.1) is 5.41 Å². The molecule has 4 aliphatic heterocycles. The molecular weight excluding hydrogens is 684 g/mol. The standard InChI is InChI=1S/C42H44N6O6/c1-41(2,27-3-8-32(9-4-27)53-21-30-15-16-43-40(45-30)47-22-42(23-47)24-52-25-42)28-5-10-33(11-6-28)54-34-18-31(19-34)44-29-7-12-35-26(17-29)20-48(39(35)51)36-13-14-37(49)46-38(36)50/h3-12,15-17,31,34,36,44H,13-14,18-25H2,1-2H3,(H,46,49,50). The van der Waals surface area contributed by atoms with E-state index in [2.05, 4.69) is 70.8 Å². The van der Waals surface area contributed by atoms with Crippen molar-refractivity contribution in [3.8, 4) is 11.5 Å². The summed E-state index contributed by atoms with van der Waals surface area (Å²) in [7, 11) is 0. The molecule has 2 N–H and O–H groups in total. The smallest absolute Gasteiger partial charge is 0.255 e. The number of benzene rings is 3. The van der Waals surface area contributed by atoms with Gasteiger partial charge in [0, 0.05) is 67.8 Å². The van der Waals surface area contributed by atoms with E-state index in [-0.39, 0.29) is 35.8 Å². The van der Waals surface area contributed by atoms with Crippen LogP contribution < -0.4 is 25.0 Å². The van der Waals surface area contributed by atoms with Crippen molar-refractivity contribution in [2.75, 3.05) is 36.5 Å². The van der Waals surface area contributed by atoms with Crippen molar-refractivity contribution in [2.45, 2.75) is 76.3 Å². The largest absolute Gasteiger partial charge is 0.490 e. The third-order valence-electron chi connectivity index (χ3n) is 11.7. The highest BCUT2D eigenvalue weighted by Crippen LogP contribution is 2.39. The Morgan fingerprint density at radius 2 is 1.67 bits per heavy atom. The third kappa shape index (κ3) is 6.52. The topological polar surface area (TPSA) is 135 Å². The first-order valence-corrected chi connectivity index (χ1v) is 18.8. The molecule has 1 aromatic heterocycles.